The summed E-state index contributed by atoms with van der Waals surface area (Å²) in [5.74, 6) is 0.647. The summed E-state index contributed by atoms with van der Waals surface area (Å²) in [6.45, 7) is 5.45. The van der Waals surface area contributed by atoms with E-state index in [1.807, 2.05) is 0 Å². The third-order valence-electron chi connectivity index (χ3n) is 3.55. The molecule has 0 bridgehead atoms. The molecule has 0 aromatic heterocycles. The summed E-state index contributed by atoms with van der Waals surface area (Å²) in [6, 6.07) is 2.85. The molecule has 1 rings (SSSR count). The second-order valence-corrected chi connectivity index (χ2v) is 5.61. The molecule has 0 saturated carbocycles. The SMILES string of the molecule is CCCCCCOc1cc(OCCCCCC)c(O)cc1O. The van der Waals surface area contributed by atoms with E-state index in [-0.39, 0.29) is 11.5 Å². The van der Waals surface area contributed by atoms with Gasteiger partial charge < -0.3 is 19.7 Å². The lowest BCUT2D eigenvalue weighted by Crippen LogP contribution is -2.00. The molecule has 126 valence electrons. The predicted molar refractivity (Wildman–Crippen MR) is 89.0 cm³/mol. The molecule has 0 saturated heterocycles. The van der Waals surface area contributed by atoms with Crippen LogP contribution in [0.1, 0.15) is 65.2 Å². The van der Waals surface area contributed by atoms with Crippen LogP contribution in [0, 0.1) is 0 Å². The lowest BCUT2D eigenvalue weighted by atomic mass is 10.2. The predicted octanol–water partition coefficient (Wildman–Crippen LogP) is 5.02. The van der Waals surface area contributed by atoms with E-state index < -0.39 is 0 Å². The summed E-state index contributed by atoms with van der Waals surface area (Å²) in [4.78, 5) is 0. The average Bonchev–Trinajstić information content (AvgIpc) is 2.50. The molecule has 0 heterocycles. The number of ether oxygens (including phenoxy) is 2. The minimum Gasteiger partial charge on any atom is -0.504 e. The first kappa shape index (κ1) is 18.5. The van der Waals surface area contributed by atoms with E-state index >= 15 is 0 Å². The van der Waals surface area contributed by atoms with E-state index in [2.05, 4.69) is 13.8 Å². The maximum Gasteiger partial charge on any atom is 0.164 e. The number of unbranched alkanes of at least 4 members (excludes halogenated alkanes) is 6. The van der Waals surface area contributed by atoms with Gasteiger partial charge >= 0.3 is 0 Å². The molecule has 0 amide bonds. The van der Waals surface area contributed by atoms with Gasteiger partial charge in [0.25, 0.3) is 0 Å². The van der Waals surface area contributed by atoms with Gasteiger partial charge in [-0.2, -0.15) is 0 Å². The number of phenols is 2. The van der Waals surface area contributed by atoms with E-state index in [0.29, 0.717) is 24.7 Å². The molecule has 0 spiro atoms. The normalized spacial score (nSPS) is 10.6. The number of hydrogen-bond donors (Lipinski definition) is 2. The fourth-order valence-electron chi connectivity index (χ4n) is 2.19. The molecule has 4 nitrogen and oxygen atoms in total. The molecule has 0 aliphatic carbocycles. The van der Waals surface area contributed by atoms with Crippen molar-refractivity contribution >= 4 is 0 Å². The molecular formula is C18H30O4. The van der Waals surface area contributed by atoms with Gasteiger partial charge in [-0.1, -0.05) is 52.4 Å². The Bertz CT molecular complexity index is 383. The van der Waals surface area contributed by atoms with Crippen molar-refractivity contribution < 1.29 is 19.7 Å². The number of rotatable bonds is 12. The third kappa shape index (κ3) is 6.92. The molecule has 0 radical (unpaired) electrons. The molecule has 0 unspecified atom stereocenters. The molecule has 0 atom stereocenters. The highest BCUT2D eigenvalue weighted by atomic mass is 16.5. The van der Waals surface area contributed by atoms with Crippen molar-refractivity contribution in [1.82, 2.24) is 0 Å². The maximum atomic E-state index is 9.82. The minimum atomic E-state index is -0.0497. The van der Waals surface area contributed by atoms with Crippen LogP contribution in [-0.4, -0.2) is 23.4 Å². The van der Waals surface area contributed by atoms with Crippen molar-refractivity contribution in [2.24, 2.45) is 0 Å². The maximum absolute atomic E-state index is 9.82. The lowest BCUT2D eigenvalue weighted by Gasteiger charge is -2.12. The fraction of sp³-hybridized carbons (Fsp3) is 0.667. The van der Waals surface area contributed by atoms with E-state index in [4.69, 9.17) is 9.47 Å². The Morgan fingerprint density at radius 1 is 0.682 bits per heavy atom. The summed E-state index contributed by atoms with van der Waals surface area (Å²) >= 11 is 0. The summed E-state index contributed by atoms with van der Waals surface area (Å²) in [7, 11) is 0. The van der Waals surface area contributed by atoms with Crippen LogP contribution < -0.4 is 9.47 Å². The first-order chi connectivity index (χ1) is 10.7. The molecule has 1 aromatic rings. The van der Waals surface area contributed by atoms with Crippen molar-refractivity contribution in [3.63, 3.8) is 0 Å². The van der Waals surface area contributed by atoms with E-state index in [1.165, 1.54) is 31.7 Å². The van der Waals surface area contributed by atoms with E-state index in [1.54, 1.807) is 6.07 Å². The standard InChI is InChI=1S/C18H30O4/c1-3-5-7-9-11-21-17-14-18(16(20)13-15(17)19)22-12-10-8-6-4-2/h13-14,19-20H,3-12H2,1-2H3. The van der Waals surface area contributed by atoms with Gasteiger partial charge in [0, 0.05) is 12.1 Å². The zero-order valence-corrected chi connectivity index (χ0v) is 13.9. The van der Waals surface area contributed by atoms with Gasteiger partial charge in [0.1, 0.15) is 0 Å². The Labute approximate surface area is 134 Å². The smallest absolute Gasteiger partial charge is 0.164 e. The first-order valence-corrected chi connectivity index (χ1v) is 8.50. The summed E-state index contributed by atoms with van der Waals surface area (Å²) in [6.07, 6.45) is 8.91. The van der Waals surface area contributed by atoms with Crippen LogP contribution in [0.4, 0.5) is 0 Å². The van der Waals surface area contributed by atoms with Gasteiger partial charge in [0.15, 0.2) is 23.0 Å². The van der Waals surface area contributed by atoms with Crippen molar-refractivity contribution in [2.45, 2.75) is 65.2 Å². The quantitative estimate of drug-likeness (QED) is 0.532. The summed E-state index contributed by atoms with van der Waals surface area (Å²) in [5, 5.41) is 19.6. The molecule has 2 N–H and O–H groups in total. The molecule has 1 aromatic carbocycles. The monoisotopic (exact) mass is 310 g/mol. The van der Waals surface area contributed by atoms with Crippen LogP contribution in [-0.2, 0) is 0 Å². The van der Waals surface area contributed by atoms with Crippen LogP contribution in [0.25, 0.3) is 0 Å². The minimum absolute atomic E-state index is 0.0497. The van der Waals surface area contributed by atoms with Crippen LogP contribution in [0.15, 0.2) is 12.1 Å². The van der Waals surface area contributed by atoms with Gasteiger partial charge in [-0.15, -0.1) is 0 Å². The second-order valence-electron chi connectivity index (χ2n) is 5.61. The van der Waals surface area contributed by atoms with Gasteiger partial charge in [-0.25, -0.2) is 0 Å². The first-order valence-electron chi connectivity index (χ1n) is 8.50. The highest BCUT2D eigenvalue weighted by Crippen LogP contribution is 2.38. The van der Waals surface area contributed by atoms with Crippen LogP contribution in [0.2, 0.25) is 0 Å². The Kier molecular flexibility index (Phi) is 9.28. The van der Waals surface area contributed by atoms with Gasteiger partial charge in [-0.3, -0.25) is 0 Å². The molecule has 22 heavy (non-hydrogen) atoms. The molecule has 0 fully saturated rings. The largest absolute Gasteiger partial charge is 0.504 e. The van der Waals surface area contributed by atoms with Crippen molar-refractivity contribution in [3.05, 3.63) is 12.1 Å². The number of aromatic hydroxyl groups is 2. The topological polar surface area (TPSA) is 58.9 Å². The number of hydrogen-bond acceptors (Lipinski definition) is 4. The van der Waals surface area contributed by atoms with Crippen LogP contribution >= 0.6 is 0 Å². The highest BCUT2D eigenvalue weighted by Gasteiger charge is 2.11. The Hall–Kier alpha value is -1.58. The highest BCUT2D eigenvalue weighted by molar-refractivity contribution is 5.52. The zero-order valence-electron chi connectivity index (χ0n) is 13.9. The van der Waals surface area contributed by atoms with E-state index in [9.17, 15) is 10.2 Å². The Balaban J connectivity index is 2.46. The number of benzene rings is 1. The molecule has 0 aliphatic rings. The summed E-state index contributed by atoms with van der Waals surface area (Å²) < 4.78 is 11.2. The zero-order chi connectivity index (χ0) is 16.2. The van der Waals surface area contributed by atoms with Crippen LogP contribution in [0.3, 0.4) is 0 Å². The lowest BCUT2D eigenvalue weighted by molar-refractivity contribution is 0.270. The number of phenolic OH excluding ortho intramolecular Hbond substituents is 2. The Morgan fingerprint density at radius 3 is 1.55 bits per heavy atom. The van der Waals surface area contributed by atoms with Gasteiger partial charge in [-0.05, 0) is 12.8 Å². The summed E-state index contributed by atoms with van der Waals surface area (Å²) in [5.41, 5.74) is 0. The van der Waals surface area contributed by atoms with Crippen molar-refractivity contribution in [3.8, 4) is 23.0 Å². The van der Waals surface area contributed by atoms with Gasteiger partial charge in [0.2, 0.25) is 0 Å². The third-order valence-corrected chi connectivity index (χ3v) is 3.55. The van der Waals surface area contributed by atoms with E-state index in [0.717, 1.165) is 25.7 Å². The van der Waals surface area contributed by atoms with Crippen LogP contribution in [0.5, 0.6) is 23.0 Å². The Morgan fingerprint density at radius 2 is 1.14 bits per heavy atom. The second kappa shape index (κ2) is 11.0. The molecular weight excluding hydrogens is 280 g/mol. The van der Waals surface area contributed by atoms with Crippen molar-refractivity contribution in [1.29, 1.82) is 0 Å². The van der Waals surface area contributed by atoms with Crippen molar-refractivity contribution in [2.75, 3.05) is 13.2 Å². The fourth-order valence-corrected chi connectivity index (χ4v) is 2.19. The molecule has 0 aliphatic heterocycles. The molecule has 4 heteroatoms. The average molecular weight is 310 g/mol. The van der Waals surface area contributed by atoms with Gasteiger partial charge in [0.05, 0.1) is 13.2 Å².